The predicted octanol–water partition coefficient (Wildman–Crippen LogP) is 2.44. The Morgan fingerprint density at radius 3 is 2.43 bits per heavy atom. The lowest BCUT2D eigenvalue weighted by molar-refractivity contribution is -0.145. The Balaban J connectivity index is 2.30. The van der Waals surface area contributed by atoms with E-state index in [-0.39, 0.29) is 23.3 Å². The molecule has 2 rings (SSSR count). The monoisotopic (exact) mass is 410 g/mol. The van der Waals surface area contributed by atoms with Gasteiger partial charge in [-0.15, -0.1) is 0 Å². The average Bonchev–Trinajstić information content (AvgIpc) is 2.71. The van der Waals surface area contributed by atoms with Gasteiger partial charge in [0.2, 0.25) is 10.0 Å². The Labute approximate surface area is 167 Å². The molecule has 1 aromatic carbocycles. The summed E-state index contributed by atoms with van der Waals surface area (Å²) >= 11 is 0. The van der Waals surface area contributed by atoms with Gasteiger partial charge in [-0.3, -0.25) is 9.59 Å². The van der Waals surface area contributed by atoms with Crippen LogP contribution in [0.4, 0.5) is 0 Å². The Kier molecular flexibility index (Phi) is 7.60. The van der Waals surface area contributed by atoms with E-state index >= 15 is 0 Å². The van der Waals surface area contributed by atoms with Crippen molar-refractivity contribution in [2.45, 2.75) is 44.9 Å². The van der Waals surface area contributed by atoms with Crippen LogP contribution in [0.1, 0.15) is 49.0 Å². The number of methoxy groups -OCH3 is 1. The van der Waals surface area contributed by atoms with E-state index in [0.717, 1.165) is 19.3 Å². The topological polar surface area (TPSA) is 84.0 Å². The number of sulfonamides is 1. The molecule has 0 bridgehead atoms. The lowest BCUT2D eigenvalue weighted by atomic mass is 10.1. The molecule has 7 nitrogen and oxygen atoms in total. The number of hydrogen-bond acceptors (Lipinski definition) is 5. The quantitative estimate of drug-likeness (QED) is 0.645. The van der Waals surface area contributed by atoms with Crippen LogP contribution < -0.4 is 0 Å². The van der Waals surface area contributed by atoms with Crippen molar-refractivity contribution in [1.29, 1.82) is 0 Å². The predicted molar refractivity (Wildman–Crippen MR) is 107 cm³/mol. The van der Waals surface area contributed by atoms with Crippen LogP contribution in [0.5, 0.6) is 0 Å². The summed E-state index contributed by atoms with van der Waals surface area (Å²) in [5.41, 5.74) is 1.05. The maximum Gasteiger partial charge on any atom is 0.310 e. The van der Waals surface area contributed by atoms with E-state index in [9.17, 15) is 18.0 Å². The van der Waals surface area contributed by atoms with Gasteiger partial charge in [0, 0.05) is 31.7 Å². The van der Waals surface area contributed by atoms with E-state index in [0.29, 0.717) is 30.8 Å². The van der Waals surface area contributed by atoms with Gasteiger partial charge in [0.05, 0.1) is 17.9 Å². The molecule has 0 N–H and O–H groups in total. The van der Waals surface area contributed by atoms with Crippen LogP contribution in [0.25, 0.3) is 0 Å². The molecule has 0 saturated carbocycles. The van der Waals surface area contributed by atoms with Gasteiger partial charge in [-0.2, -0.15) is 4.31 Å². The minimum absolute atomic E-state index is 0.139. The maximum atomic E-state index is 13.1. The van der Waals surface area contributed by atoms with Gasteiger partial charge in [-0.25, -0.2) is 8.42 Å². The average molecular weight is 411 g/mol. The van der Waals surface area contributed by atoms with E-state index in [1.165, 1.54) is 17.5 Å². The molecule has 1 saturated heterocycles. The number of hydrogen-bond donors (Lipinski definition) is 0. The van der Waals surface area contributed by atoms with Crippen LogP contribution in [0.15, 0.2) is 23.1 Å². The van der Waals surface area contributed by atoms with Crippen LogP contribution in [0.2, 0.25) is 0 Å². The summed E-state index contributed by atoms with van der Waals surface area (Å²) in [5, 5.41) is 0. The van der Waals surface area contributed by atoms with Crippen molar-refractivity contribution in [3.8, 4) is 0 Å². The fraction of sp³-hybridized carbons (Fsp3) is 0.600. The highest BCUT2D eigenvalue weighted by Crippen LogP contribution is 2.24. The second-order valence-corrected chi connectivity index (χ2v) is 9.15. The molecule has 1 aliphatic heterocycles. The van der Waals surface area contributed by atoms with Gasteiger partial charge in [0.25, 0.3) is 5.91 Å². The fourth-order valence-corrected chi connectivity index (χ4v) is 4.92. The zero-order chi connectivity index (χ0) is 20.9. The SMILES string of the molecule is CCN(CC(C)C(=O)OC)C(=O)c1cc(S(=O)(=O)N2CCCCC2)ccc1C. The standard InChI is InChI=1S/C20H30N2O5S/c1-5-21(14-16(3)20(24)27-4)19(23)18-13-17(10-9-15(18)2)28(25,26)22-11-7-6-8-12-22/h9-10,13,16H,5-8,11-12,14H2,1-4H3. The first-order chi connectivity index (χ1) is 13.2. The molecule has 28 heavy (non-hydrogen) atoms. The zero-order valence-corrected chi connectivity index (χ0v) is 17.9. The van der Waals surface area contributed by atoms with Gasteiger partial charge < -0.3 is 9.64 Å². The number of rotatable bonds is 7. The van der Waals surface area contributed by atoms with Crippen LogP contribution in [-0.2, 0) is 19.6 Å². The van der Waals surface area contributed by atoms with E-state index in [4.69, 9.17) is 4.74 Å². The number of amides is 1. The fourth-order valence-electron chi connectivity index (χ4n) is 3.38. The Morgan fingerprint density at radius 2 is 1.86 bits per heavy atom. The summed E-state index contributed by atoms with van der Waals surface area (Å²) in [6.07, 6.45) is 2.74. The molecule has 1 aliphatic rings. The van der Waals surface area contributed by atoms with Crippen molar-refractivity contribution >= 4 is 21.9 Å². The number of esters is 1. The third-order valence-corrected chi connectivity index (χ3v) is 7.05. The molecule has 1 heterocycles. The molecule has 1 atom stereocenters. The number of nitrogens with zero attached hydrogens (tertiary/aromatic N) is 2. The van der Waals surface area contributed by atoms with Crippen molar-refractivity contribution in [1.82, 2.24) is 9.21 Å². The molecule has 1 unspecified atom stereocenters. The molecular formula is C20H30N2O5S. The summed E-state index contributed by atoms with van der Waals surface area (Å²) < 4.78 is 32.1. The molecule has 1 amide bonds. The number of piperidine rings is 1. The minimum atomic E-state index is -3.62. The molecule has 1 aromatic rings. The number of benzene rings is 1. The molecular weight excluding hydrogens is 380 g/mol. The summed E-state index contributed by atoms with van der Waals surface area (Å²) in [6.45, 7) is 6.95. The van der Waals surface area contributed by atoms with Crippen LogP contribution in [0.3, 0.4) is 0 Å². The second-order valence-electron chi connectivity index (χ2n) is 7.21. The zero-order valence-electron chi connectivity index (χ0n) is 17.1. The molecule has 0 aromatic heterocycles. The van der Waals surface area contributed by atoms with Crippen molar-refractivity contribution in [3.63, 3.8) is 0 Å². The smallest absolute Gasteiger partial charge is 0.310 e. The third kappa shape index (κ3) is 4.91. The van der Waals surface area contributed by atoms with E-state index < -0.39 is 15.9 Å². The Bertz CT molecular complexity index is 816. The first-order valence-electron chi connectivity index (χ1n) is 9.70. The molecule has 0 radical (unpaired) electrons. The number of carbonyl (C=O) groups is 2. The van der Waals surface area contributed by atoms with Crippen LogP contribution in [-0.4, -0.2) is 62.8 Å². The maximum absolute atomic E-state index is 13.1. The summed E-state index contributed by atoms with van der Waals surface area (Å²) in [7, 11) is -2.30. The van der Waals surface area contributed by atoms with Gasteiger partial charge in [0.1, 0.15) is 0 Å². The lowest BCUT2D eigenvalue weighted by Gasteiger charge is -2.27. The Morgan fingerprint density at radius 1 is 1.21 bits per heavy atom. The van der Waals surface area contributed by atoms with Crippen LogP contribution in [0, 0.1) is 12.8 Å². The molecule has 1 fully saturated rings. The van der Waals surface area contributed by atoms with Gasteiger partial charge in [-0.1, -0.05) is 19.4 Å². The van der Waals surface area contributed by atoms with Gasteiger partial charge >= 0.3 is 5.97 Å². The highest BCUT2D eigenvalue weighted by Gasteiger charge is 2.28. The van der Waals surface area contributed by atoms with Crippen molar-refractivity contribution in [2.24, 2.45) is 5.92 Å². The highest BCUT2D eigenvalue weighted by molar-refractivity contribution is 7.89. The van der Waals surface area contributed by atoms with E-state index in [1.807, 2.05) is 6.92 Å². The van der Waals surface area contributed by atoms with Crippen molar-refractivity contribution in [3.05, 3.63) is 29.3 Å². The van der Waals surface area contributed by atoms with Crippen molar-refractivity contribution in [2.75, 3.05) is 33.3 Å². The first kappa shape index (κ1) is 22.4. The van der Waals surface area contributed by atoms with Crippen molar-refractivity contribution < 1.29 is 22.7 Å². The third-order valence-electron chi connectivity index (χ3n) is 5.16. The highest BCUT2D eigenvalue weighted by atomic mass is 32.2. The Hall–Kier alpha value is -1.93. The van der Waals surface area contributed by atoms with Gasteiger partial charge in [-0.05, 0) is 44.4 Å². The van der Waals surface area contributed by atoms with E-state index in [1.54, 1.807) is 30.9 Å². The second kappa shape index (κ2) is 9.52. The lowest BCUT2D eigenvalue weighted by Crippen LogP contribution is -2.38. The number of ether oxygens (including phenoxy) is 1. The molecule has 8 heteroatoms. The number of carbonyl (C=O) groups excluding carboxylic acids is 2. The molecule has 0 spiro atoms. The molecule has 0 aliphatic carbocycles. The normalized spacial score (nSPS) is 16.4. The first-order valence-corrected chi connectivity index (χ1v) is 11.1. The number of aryl methyl sites for hydroxylation is 1. The van der Waals surface area contributed by atoms with E-state index in [2.05, 4.69) is 0 Å². The minimum Gasteiger partial charge on any atom is -0.469 e. The summed E-state index contributed by atoms with van der Waals surface area (Å²) in [4.78, 5) is 26.5. The summed E-state index contributed by atoms with van der Waals surface area (Å²) in [6, 6.07) is 4.69. The molecule has 156 valence electrons. The van der Waals surface area contributed by atoms with Crippen LogP contribution >= 0.6 is 0 Å². The largest absolute Gasteiger partial charge is 0.469 e. The van der Waals surface area contributed by atoms with Gasteiger partial charge in [0.15, 0.2) is 0 Å². The summed E-state index contributed by atoms with van der Waals surface area (Å²) in [5.74, 6) is -1.13.